The lowest BCUT2D eigenvalue weighted by molar-refractivity contribution is -0.142. The van der Waals surface area contributed by atoms with Crippen LogP contribution in [0.3, 0.4) is 0 Å². The SMILES string of the molecule is CCOC(=O)Cc1csc(S[C@@H](C)C(=O)NC(=O)Nc2ccccc2)n1. The molecule has 0 saturated carbocycles. The van der Waals surface area contributed by atoms with Crippen molar-refractivity contribution in [1.82, 2.24) is 10.3 Å². The van der Waals surface area contributed by atoms with Gasteiger partial charge in [0.1, 0.15) is 0 Å². The summed E-state index contributed by atoms with van der Waals surface area (Å²) in [5, 5.41) is 6.12. The number of hydrogen-bond acceptors (Lipinski definition) is 7. The number of urea groups is 1. The lowest BCUT2D eigenvalue weighted by Gasteiger charge is -2.10. The summed E-state index contributed by atoms with van der Waals surface area (Å²) < 4.78 is 5.53. The topological polar surface area (TPSA) is 97.4 Å². The summed E-state index contributed by atoms with van der Waals surface area (Å²) in [6.07, 6.45) is 0.102. The van der Waals surface area contributed by atoms with Crippen LogP contribution in [0.25, 0.3) is 0 Å². The monoisotopic (exact) mass is 393 g/mol. The maximum atomic E-state index is 12.1. The summed E-state index contributed by atoms with van der Waals surface area (Å²) in [4.78, 5) is 39.7. The molecule has 2 N–H and O–H groups in total. The molecule has 1 aromatic carbocycles. The van der Waals surface area contributed by atoms with Crippen LogP contribution in [0.1, 0.15) is 19.5 Å². The van der Waals surface area contributed by atoms with Crippen molar-refractivity contribution >= 4 is 46.7 Å². The third-order valence-corrected chi connectivity index (χ3v) is 5.20. The number of para-hydroxylation sites is 1. The lowest BCUT2D eigenvalue weighted by Crippen LogP contribution is -2.38. The highest BCUT2D eigenvalue weighted by Crippen LogP contribution is 2.27. The van der Waals surface area contributed by atoms with E-state index < -0.39 is 17.2 Å². The van der Waals surface area contributed by atoms with Crippen molar-refractivity contribution in [2.24, 2.45) is 0 Å². The second-order valence-electron chi connectivity index (χ2n) is 5.16. The van der Waals surface area contributed by atoms with Crippen LogP contribution >= 0.6 is 23.1 Å². The zero-order chi connectivity index (χ0) is 18.9. The van der Waals surface area contributed by atoms with Gasteiger partial charge in [-0.2, -0.15) is 0 Å². The zero-order valence-electron chi connectivity index (χ0n) is 14.4. The molecule has 0 saturated heterocycles. The molecule has 0 aliphatic rings. The number of esters is 1. The van der Waals surface area contributed by atoms with Crippen molar-refractivity contribution in [3.05, 3.63) is 41.4 Å². The molecule has 3 amide bonds. The van der Waals surface area contributed by atoms with Crippen molar-refractivity contribution in [3.63, 3.8) is 0 Å². The number of amides is 3. The summed E-state index contributed by atoms with van der Waals surface area (Å²) in [6, 6.07) is 8.26. The summed E-state index contributed by atoms with van der Waals surface area (Å²) >= 11 is 2.56. The Labute approximate surface area is 159 Å². The minimum absolute atomic E-state index is 0.102. The number of carbonyl (C=O) groups is 3. The second kappa shape index (κ2) is 9.93. The molecule has 1 atom stereocenters. The van der Waals surface area contributed by atoms with Gasteiger partial charge in [0.15, 0.2) is 4.34 Å². The predicted octanol–water partition coefficient (Wildman–Crippen LogP) is 3.08. The second-order valence-corrected chi connectivity index (χ2v) is 7.60. The molecular weight excluding hydrogens is 374 g/mol. The first kappa shape index (κ1) is 19.9. The summed E-state index contributed by atoms with van der Waals surface area (Å²) in [5.74, 6) is -0.761. The van der Waals surface area contributed by atoms with E-state index in [4.69, 9.17) is 4.74 Å². The molecule has 0 aliphatic heterocycles. The summed E-state index contributed by atoms with van der Waals surface area (Å²) in [7, 11) is 0. The molecular formula is C17H19N3O4S2. The van der Waals surface area contributed by atoms with Gasteiger partial charge >= 0.3 is 12.0 Å². The summed E-state index contributed by atoms with van der Waals surface area (Å²) in [6.45, 7) is 3.75. The van der Waals surface area contributed by atoms with Crippen LogP contribution in [0.2, 0.25) is 0 Å². The van der Waals surface area contributed by atoms with Gasteiger partial charge < -0.3 is 10.1 Å². The molecule has 0 fully saturated rings. The number of thioether (sulfide) groups is 1. The molecule has 138 valence electrons. The van der Waals surface area contributed by atoms with Crippen LogP contribution in [0, 0.1) is 0 Å². The number of anilines is 1. The first-order chi connectivity index (χ1) is 12.5. The number of aromatic nitrogens is 1. The first-order valence-corrected chi connectivity index (χ1v) is 9.67. The van der Waals surface area contributed by atoms with Crippen LogP contribution < -0.4 is 10.6 Å². The smallest absolute Gasteiger partial charge is 0.325 e. The van der Waals surface area contributed by atoms with Crippen molar-refractivity contribution in [2.75, 3.05) is 11.9 Å². The van der Waals surface area contributed by atoms with Crippen molar-refractivity contribution < 1.29 is 19.1 Å². The normalized spacial score (nSPS) is 11.5. The maximum absolute atomic E-state index is 12.1. The third kappa shape index (κ3) is 6.49. The lowest BCUT2D eigenvalue weighted by atomic mass is 10.3. The highest BCUT2D eigenvalue weighted by Gasteiger charge is 2.19. The molecule has 1 heterocycles. The van der Waals surface area contributed by atoms with E-state index >= 15 is 0 Å². The first-order valence-electron chi connectivity index (χ1n) is 7.91. The standard InChI is InChI=1S/C17H19N3O4S2/c1-3-24-14(21)9-13-10-25-17(19-13)26-11(2)15(22)20-16(23)18-12-7-5-4-6-8-12/h4-8,10-11H,3,9H2,1-2H3,(H2,18,20,22,23)/t11-/m0/s1. The molecule has 0 unspecified atom stereocenters. The molecule has 26 heavy (non-hydrogen) atoms. The van der Waals surface area contributed by atoms with Gasteiger partial charge in [-0.15, -0.1) is 11.3 Å². The average Bonchev–Trinajstić information content (AvgIpc) is 3.02. The van der Waals surface area contributed by atoms with E-state index in [1.807, 2.05) is 6.07 Å². The minimum atomic E-state index is -0.587. The van der Waals surface area contributed by atoms with Gasteiger partial charge in [0.2, 0.25) is 5.91 Å². The number of imide groups is 1. The van der Waals surface area contributed by atoms with E-state index in [2.05, 4.69) is 15.6 Å². The van der Waals surface area contributed by atoms with E-state index in [9.17, 15) is 14.4 Å². The van der Waals surface area contributed by atoms with Gasteiger partial charge in [0.05, 0.1) is 24.0 Å². The van der Waals surface area contributed by atoms with Gasteiger partial charge in [-0.05, 0) is 26.0 Å². The van der Waals surface area contributed by atoms with Crippen LogP contribution in [-0.4, -0.2) is 34.7 Å². The van der Waals surface area contributed by atoms with E-state index in [-0.39, 0.29) is 12.4 Å². The molecule has 7 nitrogen and oxygen atoms in total. The highest BCUT2D eigenvalue weighted by atomic mass is 32.2. The third-order valence-electron chi connectivity index (χ3n) is 3.08. The number of thiazole rings is 1. The van der Waals surface area contributed by atoms with E-state index in [0.717, 1.165) is 0 Å². The predicted molar refractivity (Wildman–Crippen MR) is 101 cm³/mol. The summed E-state index contributed by atoms with van der Waals surface area (Å²) in [5.41, 5.74) is 1.20. The Morgan fingerprint density at radius 2 is 2.00 bits per heavy atom. The molecule has 0 spiro atoms. The zero-order valence-corrected chi connectivity index (χ0v) is 16.0. The Balaban J connectivity index is 1.82. The molecule has 2 aromatic rings. The molecule has 0 radical (unpaired) electrons. The Bertz CT molecular complexity index is 764. The van der Waals surface area contributed by atoms with Crippen molar-refractivity contribution in [2.45, 2.75) is 29.9 Å². The van der Waals surface area contributed by atoms with Crippen LogP contribution in [-0.2, 0) is 20.7 Å². The maximum Gasteiger partial charge on any atom is 0.325 e. The molecule has 0 bridgehead atoms. The number of carbonyl (C=O) groups excluding carboxylic acids is 3. The molecule has 0 aliphatic carbocycles. The molecule has 9 heteroatoms. The number of rotatable bonds is 7. The van der Waals surface area contributed by atoms with Crippen molar-refractivity contribution in [1.29, 1.82) is 0 Å². The fourth-order valence-electron chi connectivity index (χ4n) is 1.89. The van der Waals surface area contributed by atoms with Crippen molar-refractivity contribution in [3.8, 4) is 0 Å². The average molecular weight is 393 g/mol. The molecule has 2 rings (SSSR count). The van der Waals surface area contributed by atoms with Crippen LogP contribution in [0.15, 0.2) is 40.1 Å². The fraction of sp³-hybridized carbons (Fsp3) is 0.294. The minimum Gasteiger partial charge on any atom is -0.466 e. The Morgan fingerprint density at radius 3 is 2.69 bits per heavy atom. The number of benzene rings is 1. The Hall–Kier alpha value is -2.39. The number of hydrogen-bond donors (Lipinski definition) is 2. The van der Waals surface area contributed by atoms with Gasteiger partial charge in [-0.25, -0.2) is 9.78 Å². The van der Waals surface area contributed by atoms with E-state index in [0.29, 0.717) is 22.3 Å². The Kier molecular flexibility index (Phi) is 7.61. The largest absolute Gasteiger partial charge is 0.466 e. The molecule has 1 aromatic heterocycles. The number of nitrogens with one attached hydrogen (secondary N) is 2. The number of ether oxygens (including phenoxy) is 1. The number of nitrogens with zero attached hydrogens (tertiary/aromatic N) is 1. The van der Waals surface area contributed by atoms with E-state index in [1.54, 1.807) is 43.5 Å². The van der Waals surface area contributed by atoms with Crippen LogP contribution in [0.4, 0.5) is 10.5 Å². The van der Waals surface area contributed by atoms with E-state index in [1.165, 1.54) is 23.1 Å². The van der Waals surface area contributed by atoms with Gasteiger partial charge in [-0.3, -0.25) is 14.9 Å². The fourth-order valence-corrected chi connectivity index (χ4v) is 3.87. The van der Waals surface area contributed by atoms with Gasteiger partial charge in [0.25, 0.3) is 0 Å². The highest BCUT2D eigenvalue weighted by molar-refractivity contribution is 8.02. The van der Waals surface area contributed by atoms with Crippen LogP contribution in [0.5, 0.6) is 0 Å². The quantitative estimate of drug-likeness (QED) is 0.554. The Morgan fingerprint density at radius 1 is 1.27 bits per heavy atom. The van der Waals surface area contributed by atoms with Gasteiger partial charge in [0, 0.05) is 11.1 Å². The van der Waals surface area contributed by atoms with Gasteiger partial charge in [-0.1, -0.05) is 30.0 Å².